The zero-order valence-electron chi connectivity index (χ0n) is 8.66. The third-order valence-electron chi connectivity index (χ3n) is 2.52. The summed E-state index contributed by atoms with van der Waals surface area (Å²) in [6, 6.07) is 1.91. The number of hydrogen-bond acceptors (Lipinski definition) is 2. The van der Waals surface area contributed by atoms with Crippen LogP contribution < -0.4 is 0 Å². The van der Waals surface area contributed by atoms with Crippen LogP contribution in [0.15, 0.2) is 12.3 Å². The van der Waals surface area contributed by atoms with Crippen LogP contribution in [0.25, 0.3) is 0 Å². The van der Waals surface area contributed by atoms with Gasteiger partial charge in [-0.1, -0.05) is 20.8 Å². The summed E-state index contributed by atoms with van der Waals surface area (Å²) in [5.74, 6) is -0.0264. The molecule has 0 saturated heterocycles. The van der Waals surface area contributed by atoms with Crippen LogP contribution in [0.5, 0.6) is 0 Å². The van der Waals surface area contributed by atoms with Crippen LogP contribution in [-0.2, 0) is 5.41 Å². The molecule has 0 spiro atoms. The largest absolute Gasteiger partial charge is 0.273 e. The fourth-order valence-electron chi connectivity index (χ4n) is 1.25. The van der Waals surface area contributed by atoms with Gasteiger partial charge in [0, 0.05) is 18.5 Å². The van der Waals surface area contributed by atoms with Crippen LogP contribution in [0.2, 0.25) is 0 Å². The van der Waals surface area contributed by atoms with Gasteiger partial charge in [0.15, 0.2) is 0 Å². The summed E-state index contributed by atoms with van der Waals surface area (Å²) in [7, 11) is 0. The summed E-state index contributed by atoms with van der Waals surface area (Å²) in [4.78, 5) is 11.2. The van der Waals surface area contributed by atoms with Crippen molar-refractivity contribution in [3.05, 3.63) is 18.0 Å². The van der Waals surface area contributed by atoms with E-state index in [-0.39, 0.29) is 11.3 Å². The first-order valence-electron chi connectivity index (χ1n) is 4.54. The minimum atomic E-state index is -0.0264. The molecule has 0 unspecified atom stereocenters. The van der Waals surface area contributed by atoms with Gasteiger partial charge >= 0.3 is 0 Å². The van der Waals surface area contributed by atoms with E-state index < -0.39 is 0 Å². The molecule has 0 atom stereocenters. The highest BCUT2D eigenvalue weighted by atomic mass is 16.2. The van der Waals surface area contributed by atoms with Crippen molar-refractivity contribution in [3.8, 4) is 0 Å². The summed E-state index contributed by atoms with van der Waals surface area (Å²) in [6.07, 6.45) is 2.67. The van der Waals surface area contributed by atoms with E-state index >= 15 is 0 Å². The van der Waals surface area contributed by atoms with Gasteiger partial charge in [0.25, 0.3) is 0 Å². The maximum Gasteiger partial charge on any atom is 0.243 e. The Balaban J connectivity index is 3.14. The number of carbonyl (C=O) groups excluding carboxylic acids is 1. The molecular weight excluding hydrogens is 164 g/mol. The molecule has 0 radical (unpaired) electrons. The Morgan fingerprint density at radius 3 is 2.69 bits per heavy atom. The second-order valence-corrected chi connectivity index (χ2v) is 3.88. The molecule has 3 nitrogen and oxygen atoms in total. The third kappa shape index (κ3) is 1.79. The molecule has 0 fully saturated rings. The maximum absolute atomic E-state index is 11.2. The summed E-state index contributed by atoms with van der Waals surface area (Å²) >= 11 is 0. The van der Waals surface area contributed by atoms with E-state index in [0.717, 1.165) is 12.1 Å². The fourth-order valence-corrected chi connectivity index (χ4v) is 1.25. The molecule has 0 aliphatic carbocycles. The smallest absolute Gasteiger partial charge is 0.243 e. The van der Waals surface area contributed by atoms with Crippen molar-refractivity contribution in [2.24, 2.45) is 0 Å². The van der Waals surface area contributed by atoms with Crippen molar-refractivity contribution in [3.63, 3.8) is 0 Å². The van der Waals surface area contributed by atoms with Crippen LogP contribution in [0, 0.1) is 0 Å². The molecule has 0 N–H and O–H groups in total. The van der Waals surface area contributed by atoms with Gasteiger partial charge in [0.05, 0.1) is 5.69 Å². The van der Waals surface area contributed by atoms with Gasteiger partial charge in [-0.3, -0.25) is 4.79 Å². The minimum absolute atomic E-state index is 0.0160. The lowest BCUT2D eigenvalue weighted by molar-refractivity contribution is 0.0912. The van der Waals surface area contributed by atoms with Gasteiger partial charge in [0.1, 0.15) is 0 Å². The average molecular weight is 180 g/mol. The number of hydrogen-bond donors (Lipinski definition) is 0. The van der Waals surface area contributed by atoms with E-state index in [1.54, 1.807) is 6.20 Å². The van der Waals surface area contributed by atoms with Gasteiger partial charge < -0.3 is 0 Å². The van der Waals surface area contributed by atoms with Gasteiger partial charge in [-0.05, 0) is 12.5 Å². The van der Waals surface area contributed by atoms with Crippen LogP contribution in [-0.4, -0.2) is 15.7 Å². The van der Waals surface area contributed by atoms with E-state index in [4.69, 9.17) is 0 Å². The number of aromatic nitrogens is 2. The summed E-state index contributed by atoms with van der Waals surface area (Å²) < 4.78 is 1.48. The Hall–Kier alpha value is -1.12. The quantitative estimate of drug-likeness (QED) is 0.699. The standard InChI is InChI=1S/C10H16N2O/c1-5-10(3,4)9-6-7-11-12(9)8(2)13/h6-7H,5H2,1-4H3. The van der Waals surface area contributed by atoms with Crippen molar-refractivity contribution >= 4 is 5.91 Å². The molecule has 0 aliphatic rings. The predicted octanol–water partition coefficient (Wildman–Crippen LogP) is 2.23. The third-order valence-corrected chi connectivity index (χ3v) is 2.52. The molecule has 3 heteroatoms. The molecule has 0 aromatic carbocycles. The Morgan fingerprint density at radius 1 is 1.62 bits per heavy atom. The SMILES string of the molecule is CCC(C)(C)c1ccnn1C(C)=O. The molecule has 1 heterocycles. The molecular formula is C10H16N2O. The van der Waals surface area contributed by atoms with Crippen LogP contribution >= 0.6 is 0 Å². The normalized spacial score (nSPS) is 11.7. The van der Waals surface area contributed by atoms with Gasteiger partial charge in [-0.2, -0.15) is 5.10 Å². The number of rotatable bonds is 2. The molecule has 13 heavy (non-hydrogen) atoms. The molecule has 72 valence electrons. The fraction of sp³-hybridized carbons (Fsp3) is 0.600. The Labute approximate surface area is 78.8 Å². The number of carbonyl (C=O) groups is 1. The van der Waals surface area contributed by atoms with E-state index in [2.05, 4.69) is 25.9 Å². The van der Waals surface area contributed by atoms with E-state index in [0.29, 0.717) is 0 Å². The van der Waals surface area contributed by atoms with Gasteiger partial charge in [0.2, 0.25) is 5.91 Å². The highest BCUT2D eigenvalue weighted by Gasteiger charge is 2.23. The van der Waals surface area contributed by atoms with E-state index in [9.17, 15) is 4.79 Å². The minimum Gasteiger partial charge on any atom is -0.273 e. The average Bonchev–Trinajstić information content (AvgIpc) is 2.52. The van der Waals surface area contributed by atoms with Crippen molar-refractivity contribution in [2.75, 3.05) is 0 Å². The summed E-state index contributed by atoms with van der Waals surface area (Å²) in [6.45, 7) is 7.87. The van der Waals surface area contributed by atoms with E-state index in [1.165, 1.54) is 11.6 Å². The highest BCUT2D eigenvalue weighted by molar-refractivity contribution is 5.76. The van der Waals surface area contributed by atoms with Crippen molar-refractivity contribution in [2.45, 2.75) is 39.5 Å². The molecule has 1 rings (SSSR count). The van der Waals surface area contributed by atoms with Gasteiger partial charge in [-0.25, -0.2) is 4.68 Å². The van der Waals surface area contributed by atoms with Crippen molar-refractivity contribution in [1.29, 1.82) is 0 Å². The van der Waals surface area contributed by atoms with E-state index in [1.807, 2.05) is 6.07 Å². The van der Waals surface area contributed by atoms with Crippen molar-refractivity contribution < 1.29 is 4.79 Å². The summed E-state index contributed by atoms with van der Waals surface area (Å²) in [5.41, 5.74) is 1.00. The first-order chi connectivity index (χ1) is 5.99. The highest BCUT2D eigenvalue weighted by Crippen LogP contribution is 2.25. The molecule has 0 amide bonds. The first-order valence-corrected chi connectivity index (χ1v) is 4.54. The lowest BCUT2D eigenvalue weighted by Gasteiger charge is -2.22. The monoisotopic (exact) mass is 180 g/mol. The Morgan fingerprint density at radius 2 is 2.23 bits per heavy atom. The zero-order valence-corrected chi connectivity index (χ0v) is 8.66. The van der Waals surface area contributed by atoms with Crippen LogP contribution in [0.3, 0.4) is 0 Å². The topological polar surface area (TPSA) is 34.9 Å². The molecule has 0 aliphatic heterocycles. The van der Waals surface area contributed by atoms with Gasteiger partial charge in [-0.15, -0.1) is 0 Å². The molecule has 1 aromatic heterocycles. The molecule has 0 bridgehead atoms. The Bertz CT molecular complexity index is 312. The first kappa shape index (κ1) is 9.96. The van der Waals surface area contributed by atoms with Crippen LogP contribution in [0.1, 0.15) is 44.6 Å². The maximum atomic E-state index is 11.2. The molecule has 1 aromatic rings. The predicted molar refractivity (Wildman–Crippen MR) is 51.8 cm³/mol. The Kier molecular flexibility index (Phi) is 2.55. The zero-order chi connectivity index (χ0) is 10.1. The second kappa shape index (κ2) is 3.32. The molecule has 0 saturated carbocycles. The number of nitrogens with zero attached hydrogens (tertiary/aromatic N) is 2. The second-order valence-electron chi connectivity index (χ2n) is 3.88. The van der Waals surface area contributed by atoms with Crippen molar-refractivity contribution in [1.82, 2.24) is 9.78 Å². The lowest BCUT2D eigenvalue weighted by Crippen LogP contribution is -2.24. The van der Waals surface area contributed by atoms with Crippen LogP contribution in [0.4, 0.5) is 0 Å². The lowest BCUT2D eigenvalue weighted by atomic mass is 9.86. The summed E-state index contributed by atoms with van der Waals surface area (Å²) in [5, 5.41) is 4.00.